The lowest BCUT2D eigenvalue weighted by Crippen LogP contribution is -2.27. The van der Waals surface area contributed by atoms with E-state index in [1.165, 1.54) is 0 Å². The molecule has 21 heavy (non-hydrogen) atoms. The van der Waals surface area contributed by atoms with Crippen LogP contribution < -0.4 is 11.5 Å². The maximum absolute atomic E-state index is 12.3. The van der Waals surface area contributed by atoms with E-state index in [1.54, 1.807) is 17.0 Å². The number of carbonyl (C=O) groups excluding carboxylic acids is 1. The van der Waals surface area contributed by atoms with E-state index in [-0.39, 0.29) is 11.9 Å². The minimum Gasteiger partial charge on any atom is -0.383 e. The molecule has 3 rings (SSSR count). The maximum atomic E-state index is 12.3. The topological polar surface area (TPSA) is 98.1 Å². The summed E-state index contributed by atoms with van der Waals surface area (Å²) in [4.78, 5) is 22.1. The third kappa shape index (κ3) is 2.75. The van der Waals surface area contributed by atoms with Crippen molar-refractivity contribution in [2.24, 2.45) is 0 Å². The van der Waals surface area contributed by atoms with Crippen LogP contribution in [0.2, 0.25) is 5.02 Å². The van der Waals surface area contributed by atoms with Crippen LogP contribution in [0.1, 0.15) is 16.8 Å². The van der Waals surface area contributed by atoms with Crippen molar-refractivity contribution in [3.8, 4) is 0 Å². The van der Waals surface area contributed by atoms with Crippen LogP contribution in [0.25, 0.3) is 0 Å². The molecule has 0 radical (unpaired) electrons. The SMILES string of the molecule is Nc1nc(N)c2c(n1)CN(C(=O)Cc1ccc(Cl)cc1)C2. The molecule has 0 saturated heterocycles. The van der Waals surface area contributed by atoms with Crippen molar-refractivity contribution in [3.63, 3.8) is 0 Å². The van der Waals surface area contributed by atoms with Crippen molar-refractivity contribution in [1.29, 1.82) is 0 Å². The van der Waals surface area contributed by atoms with Crippen molar-refractivity contribution >= 4 is 29.3 Å². The van der Waals surface area contributed by atoms with Crippen LogP contribution in [0.3, 0.4) is 0 Å². The number of aromatic nitrogens is 2. The van der Waals surface area contributed by atoms with Gasteiger partial charge in [-0.25, -0.2) is 4.98 Å². The maximum Gasteiger partial charge on any atom is 0.227 e. The fourth-order valence-electron chi connectivity index (χ4n) is 2.37. The van der Waals surface area contributed by atoms with Gasteiger partial charge in [-0.15, -0.1) is 0 Å². The predicted octanol–water partition coefficient (Wildman–Crippen LogP) is 1.38. The number of rotatable bonds is 2. The molecule has 0 fully saturated rings. The summed E-state index contributed by atoms with van der Waals surface area (Å²) < 4.78 is 0. The molecule has 1 aromatic carbocycles. The van der Waals surface area contributed by atoms with Gasteiger partial charge in [-0.2, -0.15) is 4.98 Å². The molecule has 1 amide bonds. The molecule has 0 bridgehead atoms. The van der Waals surface area contributed by atoms with Crippen molar-refractivity contribution in [2.75, 3.05) is 11.5 Å². The highest BCUT2D eigenvalue weighted by Crippen LogP contribution is 2.26. The van der Waals surface area contributed by atoms with Crippen molar-refractivity contribution in [3.05, 3.63) is 46.1 Å². The van der Waals surface area contributed by atoms with Gasteiger partial charge < -0.3 is 16.4 Å². The van der Waals surface area contributed by atoms with Gasteiger partial charge in [0.15, 0.2) is 0 Å². The van der Waals surface area contributed by atoms with Gasteiger partial charge in [0.25, 0.3) is 0 Å². The van der Waals surface area contributed by atoms with E-state index < -0.39 is 0 Å². The second kappa shape index (κ2) is 5.21. The van der Waals surface area contributed by atoms with Gasteiger partial charge in [0.2, 0.25) is 11.9 Å². The molecule has 1 aliphatic heterocycles. The zero-order chi connectivity index (χ0) is 15.0. The zero-order valence-corrected chi connectivity index (χ0v) is 12.0. The highest BCUT2D eigenvalue weighted by atomic mass is 35.5. The van der Waals surface area contributed by atoms with Crippen molar-refractivity contribution in [2.45, 2.75) is 19.5 Å². The molecule has 0 unspecified atom stereocenters. The Hall–Kier alpha value is -2.34. The summed E-state index contributed by atoms with van der Waals surface area (Å²) in [5, 5.41) is 0.651. The second-order valence-electron chi connectivity index (χ2n) is 4.95. The van der Waals surface area contributed by atoms with Gasteiger partial charge in [0.1, 0.15) is 5.82 Å². The first-order chi connectivity index (χ1) is 10.0. The van der Waals surface area contributed by atoms with Crippen LogP contribution in [0, 0.1) is 0 Å². The Bertz CT molecular complexity index is 701. The fraction of sp³-hybridized carbons (Fsp3) is 0.214. The average Bonchev–Trinajstić information content (AvgIpc) is 2.85. The van der Waals surface area contributed by atoms with Gasteiger partial charge in [-0.1, -0.05) is 23.7 Å². The summed E-state index contributed by atoms with van der Waals surface area (Å²) >= 11 is 5.83. The number of hydrogen-bond acceptors (Lipinski definition) is 5. The monoisotopic (exact) mass is 303 g/mol. The lowest BCUT2D eigenvalue weighted by atomic mass is 10.1. The highest BCUT2D eigenvalue weighted by molar-refractivity contribution is 6.30. The van der Waals surface area contributed by atoms with Crippen LogP contribution in [0.4, 0.5) is 11.8 Å². The number of fused-ring (bicyclic) bond motifs is 1. The molecule has 0 saturated carbocycles. The third-order valence-corrected chi connectivity index (χ3v) is 3.70. The quantitative estimate of drug-likeness (QED) is 0.873. The summed E-state index contributed by atoms with van der Waals surface area (Å²) in [6, 6.07) is 7.23. The number of amides is 1. The normalized spacial score (nSPS) is 13.3. The molecule has 108 valence electrons. The Kier molecular flexibility index (Phi) is 3.39. The van der Waals surface area contributed by atoms with E-state index in [0.717, 1.165) is 16.8 Å². The number of nitrogen functional groups attached to an aromatic ring is 2. The molecule has 6 nitrogen and oxygen atoms in total. The Morgan fingerprint density at radius 1 is 1.19 bits per heavy atom. The number of nitrogens with two attached hydrogens (primary N) is 2. The third-order valence-electron chi connectivity index (χ3n) is 3.45. The minimum atomic E-state index is 0.00768. The van der Waals surface area contributed by atoms with E-state index in [4.69, 9.17) is 23.1 Å². The summed E-state index contributed by atoms with van der Waals surface area (Å²) in [5.41, 5.74) is 13.8. The first-order valence-electron chi connectivity index (χ1n) is 6.46. The molecule has 0 aliphatic carbocycles. The number of nitrogens with zero attached hydrogens (tertiary/aromatic N) is 3. The molecule has 2 heterocycles. The first-order valence-corrected chi connectivity index (χ1v) is 6.83. The van der Waals surface area contributed by atoms with E-state index >= 15 is 0 Å². The zero-order valence-electron chi connectivity index (χ0n) is 11.2. The molecular weight excluding hydrogens is 290 g/mol. The molecule has 2 aromatic rings. The number of hydrogen-bond donors (Lipinski definition) is 2. The van der Waals surface area contributed by atoms with Crippen molar-refractivity contribution < 1.29 is 4.79 Å². The Morgan fingerprint density at radius 3 is 2.62 bits per heavy atom. The summed E-state index contributed by atoms with van der Waals surface area (Å²) in [6.45, 7) is 0.840. The lowest BCUT2D eigenvalue weighted by molar-refractivity contribution is -0.131. The molecule has 1 aliphatic rings. The molecule has 1 aromatic heterocycles. The van der Waals surface area contributed by atoms with Crippen LogP contribution in [0.15, 0.2) is 24.3 Å². The van der Waals surface area contributed by atoms with Crippen LogP contribution in [0.5, 0.6) is 0 Å². The molecular formula is C14H14ClN5O. The lowest BCUT2D eigenvalue weighted by Gasteiger charge is -2.15. The van der Waals surface area contributed by atoms with E-state index in [1.807, 2.05) is 12.1 Å². The largest absolute Gasteiger partial charge is 0.383 e. The first kappa shape index (κ1) is 13.6. The Morgan fingerprint density at radius 2 is 1.90 bits per heavy atom. The standard InChI is InChI=1S/C14H14ClN5O/c15-9-3-1-8(2-4-9)5-12(21)20-6-10-11(7-20)18-14(17)19-13(10)16/h1-4H,5-7H2,(H4,16,17,18,19). The Balaban J connectivity index is 1.73. The highest BCUT2D eigenvalue weighted by Gasteiger charge is 2.27. The van der Waals surface area contributed by atoms with Crippen LogP contribution in [-0.2, 0) is 24.3 Å². The molecule has 4 N–H and O–H groups in total. The van der Waals surface area contributed by atoms with Gasteiger partial charge >= 0.3 is 0 Å². The number of carbonyl (C=O) groups is 1. The van der Waals surface area contributed by atoms with Crippen molar-refractivity contribution in [1.82, 2.24) is 14.9 Å². The second-order valence-corrected chi connectivity index (χ2v) is 5.38. The summed E-state index contributed by atoms with van der Waals surface area (Å²) in [7, 11) is 0. The molecule has 7 heteroatoms. The predicted molar refractivity (Wildman–Crippen MR) is 80.3 cm³/mol. The van der Waals surface area contributed by atoms with Gasteiger partial charge in [0, 0.05) is 10.6 Å². The molecule has 0 spiro atoms. The number of benzene rings is 1. The number of anilines is 2. The van der Waals surface area contributed by atoms with Gasteiger partial charge in [-0.05, 0) is 17.7 Å². The minimum absolute atomic E-state index is 0.00768. The van der Waals surface area contributed by atoms with Gasteiger partial charge in [0.05, 0.1) is 25.2 Å². The summed E-state index contributed by atoms with van der Waals surface area (Å²) in [5.74, 6) is 0.492. The van der Waals surface area contributed by atoms with Crippen LogP contribution >= 0.6 is 11.6 Å². The number of halogens is 1. The van der Waals surface area contributed by atoms with E-state index in [0.29, 0.717) is 30.4 Å². The van der Waals surface area contributed by atoms with E-state index in [2.05, 4.69) is 9.97 Å². The fourth-order valence-corrected chi connectivity index (χ4v) is 2.49. The Labute approximate surface area is 126 Å². The van der Waals surface area contributed by atoms with Crippen LogP contribution in [-0.4, -0.2) is 20.8 Å². The summed E-state index contributed by atoms with van der Waals surface area (Å²) in [6.07, 6.45) is 0.313. The molecule has 0 atom stereocenters. The van der Waals surface area contributed by atoms with Gasteiger partial charge in [-0.3, -0.25) is 4.79 Å². The average molecular weight is 304 g/mol. The van der Waals surface area contributed by atoms with E-state index in [9.17, 15) is 4.79 Å². The smallest absolute Gasteiger partial charge is 0.227 e.